The van der Waals surface area contributed by atoms with E-state index in [2.05, 4.69) is 10.2 Å². The van der Waals surface area contributed by atoms with Gasteiger partial charge in [-0.3, -0.25) is 9.69 Å². The molecule has 7 nitrogen and oxygen atoms in total. The largest absolute Gasteiger partial charge is 0.493 e. The summed E-state index contributed by atoms with van der Waals surface area (Å²) in [6.45, 7) is 2.77. The monoisotopic (exact) mass is 396 g/mol. The second-order valence-electron chi connectivity index (χ2n) is 5.25. The first-order chi connectivity index (χ1) is 11.1. The number of esters is 1. The van der Waals surface area contributed by atoms with Crippen LogP contribution in [-0.2, 0) is 16.1 Å². The van der Waals surface area contributed by atoms with Gasteiger partial charge in [0, 0.05) is 26.2 Å². The quantitative estimate of drug-likeness (QED) is 0.730. The minimum Gasteiger partial charge on any atom is -0.493 e. The molecule has 9 heteroatoms. The van der Waals surface area contributed by atoms with Crippen LogP contribution in [0.3, 0.4) is 0 Å². The van der Waals surface area contributed by atoms with Crippen LogP contribution in [0.25, 0.3) is 0 Å². The minimum atomic E-state index is -0.298. The van der Waals surface area contributed by atoms with Crippen molar-refractivity contribution in [3.05, 3.63) is 17.7 Å². The van der Waals surface area contributed by atoms with E-state index in [0.717, 1.165) is 18.7 Å². The predicted molar refractivity (Wildman–Crippen MR) is 99.7 cm³/mol. The molecular formula is C16H26Cl2N2O5. The molecule has 1 atom stereocenters. The van der Waals surface area contributed by atoms with Gasteiger partial charge < -0.3 is 24.3 Å². The summed E-state index contributed by atoms with van der Waals surface area (Å²) in [7, 11) is 6.16. The van der Waals surface area contributed by atoms with Gasteiger partial charge in [-0.2, -0.15) is 0 Å². The molecule has 0 aliphatic carbocycles. The fraction of sp³-hybridized carbons (Fsp3) is 0.562. The Morgan fingerprint density at radius 3 is 2.20 bits per heavy atom. The Morgan fingerprint density at radius 1 is 1.12 bits per heavy atom. The summed E-state index contributed by atoms with van der Waals surface area (Å²) in [5.41, 5.74) is 0.982. The number of carbonyl (C=O) groups is 1. The number of rotatable bonds is 6. The molecule has 25 heavy (non-hydrogen) atoms. The molecule has 2 rings (SSSR count). The minimum absolute atomic E-state index is 0. The van der Waals surface area contributed by atoms with Crippen molar-refractivity contribution in [2.45, 2.75) is 12.6 Å². The maximum absolute atomic E-state index is 11.9. The van der Waals surface area contributed by atoms with Crippen LogP contribution < -0.4 is 19.5 Å². The van der Waals surface area contributed by atoms with Crippen molar-refractivity contribution in [1.29, 1.82) is 0 Å². The number of hydrogen-bond acceptors (Lipinski definition) is 7. The molecule has 1 aromatic carbocycles. The number of halogens is 2. The Hall–Kier alpha value is -1.41. The van der Waals surface area contributed by atoms with Crippen LogP contribution in [0, 0.1) is 0 Å². The van der Waals surface area contributed by atoms with Gasteiger partial charge >= 0.3 is 5.97 Å². The number of piperazine rings is 1. The van der Waals surface area contributed by atoms with Gasteiger partial charge in [-0.25, -0.2) is 0 Å². The van der Waals surface area contributed by atoms with Crippen LogP contribution in [0.1, 0.15) is 5.56 Å². The molecule has 0 amide bonds. The van der Waals surface area contributed by atoms with Gasteiger partial charge in [0.25, 0.3) is 0 Å². The van der Waals surface area contributed by atoms with Crippen molar-refractivity contribution in [3.63, 3.8) is 0 Å². The fourth-order valence-electron chi connectivity index (χ4n) is 2.77. The Bertz CT molecular complexity index is 534. The lowest BCUT2D eigenvalue weighted by molar-refractivity contribution is -0.147. The second-order valence-corrected chi connectivity index (χ2v) is 5.25. The van der Waals surface area contributed by atoms with E-state index in [9.17, 15) is 4.79 Å². The number of carbonyl (C=O) groups excluding carboxylic acids is 1. The summed E-state index contributed by atoms with van der Waals surface area (Å²) in [6, 6.07) is 3.50. The average Bonchev–Trinajstić information content (AvgIpc) is 2.60. The Labute approximate surface area is 160 Å². The zero-order valence-corrected chi connectivity index (χ0v) is 16.5. The maximum atomic E-state index is 11.9. The van der Waals surface area contributed by atoms with Crippen molar-refractivity contribution in [1.82, 2.24) is 10.2 Å². The summed E-state index contributed by atoms with van der Waals surface area (Å²) >= 11 is 0. The molecular weight excluding hydrogens is 371 g/mol. The van der Waals surface area contributed by atoms with Gasteiger partial charge in [-0.05, 0) is 17.7 Å². The molecule has 1 aromatic rings. The predicted octanol–water partition coefficient (Wildman–Crippen LogP) is 1.50. The normalized spacial score (nSPS) is 16.9. The molecule has 144 valence electrons. The van der Waals surface area contributed by atoms with Crippen LogP contribution in [-0.4, -0.2) is 65.0 Å². The molecule has 0 bridgehead atoms. The first-order valence-electron chi connectivity index (χ1n) is 7.46. The van der Waals surface area contributed by atoms with Crippen LogP contribution in [0.4, 0.5) is 0 Å². The molecule has 1 aliphatic rings. The van der Waals surface area contributed by atoms with E-state index >= 15 is 0 Å². The van der Waals surface area contributed by atoms with E-state index in [-0.39, 0.29) is 36.8 Å². The van der Waals surface area contributed by atoms with Gasteiger partial charge in [0.1, 0.15) is 6.04 Å². The third kappa shape index (κ3) is 5.54. The molecule has 0 saturated carbocycles. The number of nitrogens with zero attached hydrogens (tertiary/aromatic N) is 1. The number of methoxy groups -OCH3 is 4. The standard InChI is InChI=1S/C16H24N2O5.2ClH/c1-20-13-7-11(8-14(21-2)15(13)22-3)10-18-6-5-17-9-12(18)16(19)23-4;;/h7-8,12,17H,5-6,9-10H2,1-4H3;2*1H. The molecule has 1 saturated heterocycles. The average molecular weight is 397 g/mol. The van der Waals surface area contributed by atoms with Crippen molar-refractivity contribution in [2.75, 3.05) is 48.1 Å². The lowest BCUT2D eigenvalue weighted by Crippen LogP contribution is -2.54. The van der Waals surface area contributed by atoms with Gasteiger partial charge in [0.05, 0.1) is 28.4 Å². The van der Waals surface area contributed by atoms with E-state index in [1.807, 2.05) is 12.1 Å². The Balaban J connectivity index is 0.00000288. The summed E-state index contributed by atoms with van der Waals surface area (Å²) in [5, 5.41) is 3.22. The summed E-state index contributed by atoms with van der Waals surface area (Å²) in [4.78, 5) is 14.0. The highest BCUT2D eigenvalue weighted by Gasteiger charge is 2.29. The van der Waals surface area contributed by atoms with Gasteiger partial charge in [-0.1, -0.05) is 0 Å². The number of hydrogen-bond donors (Lipinski definition) is 1. The lowest BCUT2D eigenvalue weighted by atomic mass is 10.1. The molecule has 1 aliphatic heterocycles. The highest BCUT2D eigenvalue weighted by molar-refractivity contribution is 5.85. The van der Waals surface area contributed by atoms with Crippen LogP contribution >= 0.6 is 24.8 Å². The third-order valence-electron chi connectivity index (χ3n) is 3.94. The van der Waals surface area contributed by atoms with Crippen molar-refractivity contribution < 1.29 is 23.7 Å². The highest BCUT2D eigenvalue weighted by atomic mass is 35.5. The topological polar surface area (TPSA) is 69.3 Å². The van der Waals surface area contributed by atoms with Gasteiger partial charge in [-0.15, -0.1) is 24.8 Å². The highest BCUT2D eigenvalue weighted by Crippen LogP contribution is 2.38. The van der Waals surface area contributed by atoms with Crippen LogP contribution in [0.2, 0.25) is 0 Å². The molecule has 1 heterocycles. The molecule has 0 spiro atoms. The molecule has 0 radical (unpaired) electrons. The van der Waals surface area contributed by atoms with Gasteiger partial charge in [0.2, 0.25) is 5.75 Å². The van der Waals surface area contributed by atoms with E-state index < -0.39 is 0 Å². The Kier molecular flexibility index (Phi) is 10.6. The first-order valence-corrected chi connectivity index (χ1v) is 7.46. The lowest BCUT2D eigenvalue weighted by Gasteiger charge is -2.34. The maximum Gasteiger partial charge on any atom is 0.324 e. The van der Waals surface area contributed by atoms with E-state index in [1.165, 1.54) is 7.11 Å². The third-order valence-corrected chi connectivity index (χ3v) is 3.94. The molecule has 1 unspecified atom stereocenters. The SMILES string of the molecule is COC(=O)C1CNCCN1Cc1cc(OC)c(OC)c(OC)c1.Cl.Cl. The van der Waals surface area contributed by atoms with Crippen molar-refractivity contribution in [2.24, 2.45) is 0 Å². The van der Waals surface area contributed by atoms with E-state index in [0.29, 0.717) is 30.3 Å². The van der Waals surface area contributed by atoms with E-state index in [4.69, 9.17) is 18.9 Å². The molecule has 1 N–H and O–H groups in total. The first kappa shape index (κ1) is 23.6. The van der Waals surface area contributed by atoms with Crippen molar-refractivity contribution in [3.8, 4) is 17.2 Å². The van der Waals surface area contributed by atoms with Crippen LogP contribution in [0.5, 0.6) is 17.2 Å². The summed E-state index contributed by atoms with van der Waals surface area (Å²) < 4.78 is 21.0. The van der Waals surface area contributed by atoms with Crippen molar-refractivity contribution >= 4 is 30.8 Å². The number of nitrogens with one attached hydrogen (secondary N) is 1. The van der Waals surface area contributed by atoms with E-state index in [1.54, 1.807) is 21.3 Å². The zero-order chi connectivity index (χ0) is 16.8. The summed E-state index contributed by atoms with van der Waals surface area (Å²) in [5.74, 6) is 1.53. The Morgan fingerprint density at radius 2 is 1.72 bits per heavy atom. The zero-order valence-electron chi connectivity index (χ0n) is 14.9. The summed E-state index contributed by atoms with van der Waals surface area (Å²) in [6.07, 6.45) is 0. The fourth-order valence-corrected chi connectivity index (χ4v) is 2.77. The number of ether oxygens (including phenoxy) is 4. The van der Waals surface area contributed by atoms with Crippen LogP contribution in [0.15, 0.2) is 12.1 Å². The second kappa shape index (κ2) is 11.3. The molecule has 0 aromatic heterocycles. The number of benzene rings is 1. The van der Waals surface area contributed by atoms with Gasteiger partial charge in [0.15, 0.2) is 11.5 Å². The smallest absolute Gasteiger partial charge is 0.324 e. The molecule has 1 fully saturated rings.